The van der Waals surface area contributed by atoms with E-state index in [0.29, 0.717) is 6.61 Å². The second kappa shape index (κ2) is 4.71. The molecule has 0 spiro atoms. The van der Waals surface area contributed by atoms with Crippen LogP contribution < -0.4 is 4.74 Å². The summed E-state index contributed by atoms with van der Waals surface area (Å²) in [5.74, 6) is 0.956. The molecule has 0 radical (unpaired) electrons. The molecule has 0 aliphatic rings. The maximum absolute atomic E-state index is 9.35. The van der Waals surface area contributed by atoms with Crippen molar-refractivity contribution in [3.63, 3.8) is 0 Å². The topological polar surface area (TPSA) is 29.5 Å². The molecule has 2 nitrogen and oxygen atoms in total. The van der Waals surface area contributed by atoms with Crippen LogP contribution in [0.25, 0.3) is 0 Å². The minimum absolute atomic E-state index is 0.230. The molecule has 1 N–H and O–H groups in total. The molecule has 0 aliphatic carbocycles. The summed E-state index contributed by atoms with van der Waals surface area (Å²) in [4.78, 5) is 0. The maximum Gasteiger partial charge on any atom is 0.126 e. The van der Waals surface area contributed by atoms with Gasteiger partial charge in [-0.3, -0.25) is 0 Å². The zero-order chi connectivity index (χ0) is 11.4. The van der Waals surface area contributed by atoms with Crippen LogP contribution in [0.3, 0.4) is 0 Å². The van der Waals surface area contributed by atoms with Crippen LogP contribution in [-0.4, -0.2) is 5.11 Å². The van der Waals surface area contributed by atoms with Gasteiger partial charge < -0.3 is 9.84 Å². The van der Waals surface area contributed by atoms with E-state index in [4.69, 9.17) is 4.74 Å². The Hall–Kier alpha value is -1.96. The average Bonchev–Trinajstić information content (AvgIpc) is 2.32. The third-order valence-electron chi connectivity index (χ3n) is 2.41. The van der Waals surface area contributed by atoms with Crippen molar-refractivity contribution in [1.82, 2.24) is 0 Å². The highest BCUT2D eigenvalue weighted by molar-refractivity contribution is 5.39. The van der Waals surface area contributed by atoms with E-state index < -0.39 is 0 Å². The van der Waals surface area contributed by atoms with E-state index in [1.807, 2.05) is 43.3 Å². The van der Waals surface area contributed by atoms with Gasteiger partial charge in [0.1, 0.15) is 18.1 Å². The zero-order valence-corrected chi connectivity index (χ0v) is 9.18. The molecule has 0 atom stereocenters. The molecule has 0 unspecified atom stereocenters. The highest BCUT2D eigenvalue weighted by Gasteiger charge is 2.01. The molecular formula is C14H14O2. The molecule has 0 aliphatic heterocycles. The van der Waals surface area contributed by atoms with Gasteiger partial charge in [-0.2, -0.15) is 0 Å². The molecular weight excluding hydrogens is 200 g/mol. The lowest BCUT2D eigenvalue weighted by Crippen LogP contribution is -1.96. The van der Waals surface area contributed by atoms with Crippen molar-refractivity contribution in [3.05, 3.63) is 59.7 Å². The van der Waals surface area contributed by atoms with Gasteiger partial charge in [0, 0.05) is 6.07 Å². The van der Waals surface area contributed by atoms with Crippen LogP contribution >= 0.6 is 0 Å². The largest absolute Gasteiger partial charge is 0.508 e. The monoisotopic (exact) mass is 214 g/mol. The van der Waals surface area contributed by atoms with Crippen molar-refractivity contribution in [1.29, 1.82) is 0 Å². The number of phenolic OH excluding ortho intramolecular Hbond substituents is 1. The average molecular weight is 214 g/mol. The van der Waals surface area contributed by atoms with E-state index in [1.165, 1.54) is 0 Å². The summed E-state index contributed by atoms with van der Waals surface area (Å²) in [6.45, 7) is 2.48. The van der Waals surface area contributed by atoms with Gasteiger partial charge in [0.25, 0.3) is 0 Å². The number of rotatable bonds is 3. The number of aromatic hydroxyl groups is 1. The van der Waals surface area contributed by atoms with Crippen molar-refractivity contribution in [2.75, 3.05) is 0 Å². The second-order valence-electron chi connectivity index (χ2n) is 3.72. The van der Waals surface area contributed by atoms with Gasteiger partial charge >= 0.3 is 0 Å². The molecule has 0 bridgehead atoms. The molecule has 0 aromatic heterocycles. The number of aryl methyl sites for hydroxylation is 1. The summed E-state index contributed by atoms with van der Waals surface area (Å²) < 4.78 is 5.64. The van der Waals surface area contributed by atoms with Crippen LogP contribution in [0.4, 0.5) is 0 Å². The predicted octanol–water partition coefficient (Wildman–Crippen LogP) is 3.28. The summed E-state index contributed by atoms with van der Waals surface area (Å²) in [6, 6.07) is 15.1. The standard InChI is InChI=1S/C14H14O2/c1-11-7-8-13(15)9-14(11)16-10-12-5-3-2-4-6-12/h2-9,15H,10H2,1H3. The Morgan fingerprint density at radius 3 is 2.56 bits per heavy atom. The first kappa shape index (κ1) is 10.6. The molecule has 2 rings (SSSR count). The Bertz CT molecular complexity index is 463. The van der Waals surface area contributed by atoms with Gasteiger partial charge in [-0.25, -0.2) is 0 Å². The Labute approximate surface area is 95.1 Å². The quantitative estimate of drug-likeness (QED) is 0.849. The van der Waals surface area contributed by atoms with E-state index in [0.717, 1.165) is 16.9 Å². The molecule has 2 aromatic carbocycles. The van der Waals surface area contributed by atoms with E-state index in [9.17, 15) is 5.11 Å². The molecule has 0 saturated carbocycles. The molecule has 0 heterocycles. The Kier molecular flexibility index (Phi) is 3.10. The SMILES string of the molecule is Cc1ccc(O)cc1OCc1ccccc1. The van der Waals surface area contributed by atoms with Crippen molar-refractivity contribution < 1.29 is 9.84 Å². The molecule has 2 aromatic rings. The molecule has 2 heteroatoms. The van der Waals surface area contributed by atoms with Gasteiger partial charge in [0.2, 0.25) is 0 Å². The summed E-state index contributed by atoms with van der Waals surface area (Å²) in [5.41, 5.74) is 2.14. The minimum Gasteiger partial charge on any atom is -0.508 e. The van der Waals surface area contributed by atoms with Gasteiger partial charge in [0.05, 0.1) is 0 Å². The molecule has 0 amide bonds. The molecule has 0 saturated heterocycles. The van der Waals surface area contributed by atoms with Crippen molar-refractivity contribution in [2.45, 2.75) is 13.5 Å². The van der Waals surface area contributed by atoms with Crippen molar-refractivity contribution in [2.24, 2.45) is 0 Å². The number of ether oxygens (including phenoxy) is 1. The lowest BCUT2D eigenvalue weighted by molar-refractivity contribution is 0.302. The summed E-state index contributed by atoms with van der Waals surface area (Å²) >= 11 is 0. The Balaban J connectivity index is 2.08. The van der Waals surface area contributed by atoms with E-state index in [-0.39, 0.29) is 5.75 Å². The number of hydrogen-bond donors (Lipinski definition) is 1. The summed E-state index contributed by atoms with van der Waals surface area (Å²) in [6.07, 6.45) is 0. The Morgan fingerprint density at radius 1 is 1.06 bits per heavy atom. The first-order valence-corrected chi connectivity index (χ1v) is 5.22. The second-order valence-corrected chi connectivity index (χ2v) is 3.72. The van der Waals surface area contributed by atoms with Crippen LogP contribution in [0, 0.1) is 6.92 Å². The number of benzene rings is 2. The van der Waals surface area contributed by atoms with Crippen LogP contribution in [-0.2, 0) is 6.61 Å². The highest BCUT2D eigenvalue weighted by Crippen LogP contribution is 2.23. The first-order valence-electron chi connectivity index (χ1n) is 5.22. The van der Waals surface area contributed by atoms with Crippen LogP contribution in [0.2, 0.25) is 0 Å². The number of phenols is 1. The van der Waals surface area contributed by atoms with E-state index in [1.54, 1.807) is 12.1 Å². The van der Waals surface area contributed by atoms with Gasteiger partial charge in [-0.1, -0.05) is 36.4 Å². The number of hydrogen-bond acceptors (Lipinski definition) is 2. The fourth-order valence-corrected chi connectivity index (χ4v) is 1.48. The van der Waals surface area contributed by atoms with Crippen LogP contribution in [0.1, 0.15) is 11.1 Å². The van der Waals surface area contributed by atoms with Gasteiger partial charge in [0.15, 0.2) is 0 Å². The summed E-state index contributed by atoms with van der Waals surface area (Å²) in [7, 11) is 0. The maximum atomic E-state index is 9.35. The van der Waals surface area contributed by atoms with Crippen LogP contribution in [0.15, 0.2) is 48.5 Å². The van der Waals surface area contributed by atoms with E-state index >= 15 is 0 Å². The minimum atomic E-state index is 0.230. The molecule has 82 valence electrons. The van der Waals surface area contributed by atoms with E-state index in [2.05, 4.69) is 0 Å². The highest BCUT2D eigenvalue weighted by atomic mass is 16.5. The normalized spacial score (nSPS) is 10.1. The van der Waals surface area contributed by atoms with Crippen molar-refractivity contribution in [3.8, 4) is 11.5 Å². The third-order valence-corrected chi connectivity index (χ3v) is 2.41. The predicted molar refractivity (Wildman–Crippen MR) is 63.6 cm³/mol. The smallest absolute Gasteiger partial charge is 0.126 e. The van der Waals surface area contributed by atoms with Crippen LogP contribution in [0.5, 0.6) is 11.5 Å². The lowest BCUT2D eigenvalue weighted by Gasteiger charge is -2.09. The third kappa shape index (κ3) is 2.54. The van der Waals surface area contributed by atoms with Gasteiger partial charge in [-0.05, 0) is 24.1 Å². The summed E-state index contributed by atoms with van der Waals surface area (Å²) in [5, 5.41) is 9.35. The lowest BCUT2D eigenvalue weighted by atomic mass is 10.2. The fourth-order valence-electron chi connectivity index (χ4n) is 1.48. The zero-order valence-electron chi connectivity index (χ0n) is 9.18. The van der Waals surface area contributed by atoms with Crippen molar-refractivity contribution >= 4 is 0 Å². The molecule has 0 fully saturated rings. The Morgan fingerprint density at radius 2 is 1.81 bits per heavy atom. The fraction of sp³-hybridized carbons (Fsp3) is 0.143. The first-order chi connectivity index (χ1) is 7.75. The van der Waals surface area contributed by atoms with Gasteiger partial charge in [-0.15, -0.1) is 0 Å². The molecule has 16 heavy (non-hydrogen) atoms.